The molecule has 0 radical (unpaired) electrons. The third kappa shape index (κ3) is 5.38. The molecule has 0 fully saturated rings. The number of benzene rings is 10. The van der Waals surface area contributed by atoms with Gasteiger partial charge in [-0.15, -0.1) is 11.3 Å². The van der Waals surface area contributed by atoms with Gasteiger partial charge in [-0.3, -0.25) is 0 Å². The summed E-state index contributed by atoms with van der Waals surface area (Å²) >= 11 is 5.69. The van der Waals surface area contributed by atoms with Gasteiger partial charge in [-0.05, 0) is 98.1 Å². The van der Waals surface area contributed by atoms with E-state index in [-0.39, 0.29) is 0 Å². The zero-order valence-corrected chi connectivity index (χ0v) is 38.0. The van der Waals surface area contributed by atoms with E-state index < -0.39 is 10.8 Å². The zero-order valence-electron chi connectivity index (χ0n) is 35.6. The molecule has 66 heavy (non-hydrogen) atoms. The minimum absolute atomic E-state index is 0.539. The summed E-state index contributed by atoms with van der Waals surface area (Å²) < 4.78 is 9.24. The Labute approximate surface area is 395 Å². The van der Waals surface area contributed by atoms with Crippen molar-refractivity contribution in [3.8, 4) is 11.1 Å². The van der Waals surface area contributed by atoms with Crippen molar-refractivity contribution in [2.24, 2.45) is 0 Å². The average molecular weight is 895 g/mol. The van der Waals surface area contributed by atoms with Crippen molar-refractivity contribution in [1.29, 1.82) is 0 Å². The van der Waals surface area contributed by atoms with Gasteiger partial charge in [-0.25, -0.2) is 0 Å². The summed E-state index contributed by atoms with van der Waals surface area (Å²) in [6.45, 7) is 0. The van der Waals surface area contributed by atoms with Crippen LogP contribution in [0.3, 0.4) is 0 Å². The van der Waals surface area contributed by atoms with Crippen LogP contribution in [-0.4, -0.2) is 0 Å². The Hall–Kier alpha value is -7.08. The van der Waals surface area contributed by atoms with E-state index in [4.69, 9.17) is 4.42 Å². The Bertz CT molecular complexity index is 3900. The topological polar surface area (TPSA) is 13.1 Å². The first-order valence-corrected chi connectivity index (χ1v) is 24.9. The molecule has 2 aliphatic heterocycles. The summed E-state index contributed by atoms with van der Waals surface area (Å²) in [5.41, 5.74) is 13.3. The second-order valence-corrected chi connectivity index (χ2v) is 20.7. The summed E-state index contributed by atoms with van der Waals surface area (Å²) in [6, 6.07) is 85.9. The zero-order chi connectivity index (χ0) is 43.4. The molecule has 0 saturated carbocycles. The Balaban J connectivity index is 0.981. The SMILES string of the molecule is c1ccc(C2(c3ccc4c(c3)oc3ccccc34)c3ccccc3Sc3cc(-c4ccc5c(c4)Sc4ccccc4C5(c4ccccc4)c4cccc5c4sc4ccccc45)ccc32)cc1. The molecule has 0 saturated heterocycles. The van der Waals surface area contributed by atoms with E-state index in [0.717, 1.165) is 21.9 Å². The Morgan fingerprint density at radius 1 is 0.303 bits per heavy atom. The largest absolute Gasteiger partial charge is 0.456 e. The molecule has 4 heterocycles. The van der Waals surface area contributed by atoms with E-state index >= 15 is 0 Å². The van der Waals surface area contributed by atoms with E-state index in [1.54, 1.807) is 0 Å². The fourth-order valence-electron chi connectivity index (χ4n) is 11.4. The molecule has 0 bridgehead atoms. The van der Waals surface area contributed by atoms with E-state index in [9.17, 15) is 0 Å². The summed E-state index contributed by atoms with van der Waals surface area (Å²) in [4.78, 5) is 5.08. The van der Waals surface area contributed by atoms with E-state index in [1.165, 1.54) is 95.4 Å². The lowest BCUT2D eigenvalue weighted by molar-refractivity contribution is 0.661. The smallest absolute Gasteiger partial charge is 0.135 e. The molecule has 2 atom stereocenters. The first kappa shape index (κ1) is 38.2. The highest BCUT2D eigenvalue weighted by Crippen LogP contribution is 2.60. The number of furan rings is 1. The Morgan fingerprint density at radius 2 is 0.818 bits per heavy atom. The third-order valence-corrected chi connectivity index (χ3v) is 17.6. The predicted molar refractivity (Wildman–Crippen MR) is 277 cm³/mol. The maximum absolute atomic E-state index is 6.58. The molecule has 310 valence electrons. The van der Waals surface area contributed by atoms with Crippen LogP contribution >= 0.6 is 34.9 Å². The lowest BCUT2D eigenvalue weighted by Gasteiger charge is -2.42. The van der Waals surface area contributed by atoms with E-state index in [0.29, 0.717) is 0 Å². The van der Waals surface area contributed by atoms with Crippen molar-refractivity contribution < 1.29 is 4.42 Å². The van der Waals surface area contributed by atoms with Gasteiger partial charge in [0.2, 0.25) is 0 Å². The van der Waals surface area contributed by atoms with Crippen LogP contribution in [-0.2, 0) is 10.8 Å². The fraction of sp³-hybridized carbons (Fsp3) is 0.0323. The monoisotopic (exact) mass is 894 g/mol. The fourth-order valence-corrected chi connectivity index (χ4v) is 15.1. The second-order valence-electron chi connectivity index (χ2n) is 17.4. The van der Waals surface area contributed by atoms with Gasteiger partial charge in [-0.1, -0.05) is 212 Å². The third-order valence-electron chi connectivity index (χ3n) is 14.2. The normalized spacial score (nSPS) is 17.4. The molecular formula is C62H38OS3. The molecule has 2 unspecified atom stereocenters. The molecule has 4 heteroatoms. The van der Waals surface area contributed by atoms with Gasteiger partial charge in [0.05, 0.1) is 10.8 Å². The maximum Gasteiger partial charge on any atom is 0.135 e. The van der Waals surface area contributed by atoms with Crippen LogP contribution in [0.25, 0.3) is 53.2 Å². The van der Waals surface area contributed by atoms with Crippen LogP contribution < -0.4 is 0 Å². The molecular weight excluding hydrogens is 857 g/mol. The highest BCUT2D eigenvalue weighted by molar-refractivity contribution is 7.99. The van der Waals surface area contributed by atoms with Gasteiger partial charge < -0.3 is 4.42 Å². The Kier molecular flexibility index (Phi) is 8.52. The standard InChI is InChI=1S/C62H38OS3/c1-3-16-41(17-4-1)61(43-32-33-45-44-20-7-11-26-53(44)63-54(45)38-43)48-23-9-13-28-56(48)64-58-36-39(30-34-50(58)61)40-31-35-51-59(37-40)65-57-29-14-10-24-49(57)62(51,42-18-5-2-6-19-42)52-25-15-22-47-46-21-8-12-27-55(46)66-60(47)52/h1-38H. The summed E-state index contributed by atoms with van der Waals surface area (Å²) in [6.07, 6.45) is 0. The van der Waals surface area contributed by atoms with E-state index in [1.807, 2.05) is 40.9 Å². The van der Waals surface area contributed by atoms with Crippen LogP contribution in [0.4, 0.5) is 0 Å². The van der Waals surface area contributed by atoms with Crippen LogP contribution in [0.5, 0.6) is 0 Å². The molecule has 14 rings (SSSR count). The van der Waals surface area contributed by atoms with Crippen molar-refractivity contribution in [3.63, 3.8) is 0 Å². The molecule has 1 nitrogen and oxygen atoms in total. The lowest BCUT2D eigenvalue weighted by atomic mass is 9.64. The predicted octanol–water partition coefficient (Wildman–Crippen LogP) is 17.3. The number of thiophene rings is 1. The van der Waals surface area contributed by atoms with Crippen molar-refractivity contribution >= 4 is 77.0 Å². The summed E-state index contributed by atoms with van der Waals surface area (Å²) in [5.74, 6) is 0. The minimum atomic E-state index is -0.581. The first-order chi connectivity index (χ1) is 32.7. The maximum atomic E-state index is 6.58. The molecule has 2 aliphatic rings. The average Bonchev–Trinajstić information content (AvgIpc) is 3.96. The minimum Gasteiger partial charge on any atom is -0.456 e. The molecule has 10 aromatic carbocycles. The molecule has 0 aliphatic carbocycles. The highest BCUT2D eigenvalue weighted by atomic mass is 32.2. The van der Waals surface area contributed by atoms with Crippen LogP contribution in [0.2, 0.25) is 0 Å². The molecule has 0 spiro atoms. The number of fused-ring (bicyclic) bond motifs is 10. The van der Waals surface area contributed by atoms with Gasteiger partial charge in [0, 0.05) is 50.5 Å². The first-order valence-electron chi connectivity index (χ1n) is 22.5. The summed E-state index contributed by atoms with van der Waals surface area (Å²) in [7, 11) is 0. The molecule has 0 N–H and O–H groups in total. The lowest BCUT2D eigenvalue weighted by Crippen LogP contribution is -2.34. The van der Waals surface area contributed by atoms with Gasteiger partial charge in [0.1, 0.15) is 11.2 Å². The molecule has 0 amide bonds. The van der Waals surface area contributed by atoms with Gasteiger partial charge in [-0.2, -0.15) is 0 Å². The highest BCUT2D eigenvalue weighted by Gasteiger charge is 2.47. The van der Waals surface area contributed by atoms with Crippen molar-refractivity contribution in [3.05, 3.63) is 275 Å². The molecule has 12 aromatic rings. The molecule has 2 aromatic heterocycles. The van der Waals surface area contributed by atoms with Crippen molar-refractivity contribution in [2.75, 3.05) is 0 Å². The quantitative estimate of drug-likeness (QED) is 0.171. The van der Waals surface area contributed by atoms with Gasteiger partial charge >= 0.3 is 0 Å². The van der Waals surface area contributed by atoms with E-state index in [2.05, 4.69) is 224 Å². The number of rotatable bonds is 5. The number of hydrogen-bond donors (Lipinski definition) is 0. The van der Waals surface area contributed by atoms with Crippen LogP contribution in [0.1, 0.15) is 44.5 Å². The van der Waals surface area contributed by atoms with Crippen LogP contribution in [0, 0.1) is 0 Å². The number of hydrogen-bond acceptors (Lipinski definition) is 4. The van der Waals surface area contributed by atoms with Crippen molar-refractivity contribution in [1.82, 2.24) is 0 Å². The van der Waals surface area contributed by atoms with Gasteiger partial charge in [0.15, 0.2) is 0 Å². The van der Waals surface area contributed by atoms with Crippen molar-refractivity contribution in [2.45, 2.75) is 30.4 Å². The van der Waals surface area contributed by atoms with Gasteiger partial charge in [0.25, 0.3) is 0 Å². The second kappa shape index (κ2) is 14.7. The van der Waals surface area contributed by atoms with Crippen LogP contribution in [0.15, 0.2) is 255 Å². The Morgan fingerprint density at radius 3 is 1.53 bits per heavy atom. The number of para-hydroxylation sites is 1. The summed E-state index contributed by atoms with van der Waals surface area (Å²) in [5, 5.41) is 4.91.